The van der Waals surface area contributed by atoms with E-state index in [0.29, 0.717) is 12.6 Å². The van der Waals surface area contributed by atoms with Gasteiger partial charge in [-0.15, -0.1) is 0 Å². The first-order valence-electron chi connectivity index (χ1n) is 6.96. The van der Waals surface area contributed by atoms with Crippen molar-refractivity contribution in [3.63, 3.8) is 0 Å². The number of nitrogens with one attached hydrogen (secondary N) is 1. The number of carbonyl (C=O) groups excluding carboxylic acids is 1. The Morgan fingerprint density at radius 1 is 1.39 bits per heavy atom. The largest absolute Gasteiger partial charge is 0.391 e. The third-order valence-corrected chi connectivity index (χ3v) is 4.14. The maximum absolute atomic E-state index is 12.0. The number of likely N-dealkylation sites (N-methyl/N-ethyl adjacent to an activating group) is 1. The van der Waals surface area contributed by atoms with Crippen LogP contribution in [-0.4, -0.2) is 72.2 Å². The number of aliphatic hydroxyl groups excluding tert-OH is 1. The van der Waals surface area contributed by atoms with Crippen LogP contribution in [0.5, 0.6) is 0 Å². The molecule has 0 aromatic heterocycles. The average Bonchev–Trinajstić information content (AvgIpc) is 2.69. The Balaban J connectivity index is 1.77. The van der Waals surface area contributed by atoms with Gasteiger partial charge < -0.3 is 15.3 Å². The summed E-state index contributed by atoms with van der Waals surface area (Å²) in [6.07, 6.45) is 2.39. The number of piperazine rings is 1. The average molecular weight is 255 g/mol. The number of hydrogen-bond acceptors (Lipinski definition) is 4. The van der Waals surface area contributed by atoms with Gasteiger partial charge in [0.2, 0.25) is 5.91 Å². The summed E-state index contributed by atoms with van der Waals surface area (Å²) in [5, 5.41) is 12.7. The number of nitrogens with zero attached hydrogens (tertiary/aromatic N) is 2. The number of aliphatic hydroxyl groups is 1. The van der Waals surface area contributed by atoms with Crippen LogP contribution in [0.15, 0.2) is 0 Å². The van der Waals surface area contributed by atoms with Gasteiger partial charge in [-0.3, -0.25) is 9.69 Å². The van der Waals surface area contributed by atoms with Crippen LogP contribution in [-0.2, 0) is 4.79 Å². The summed E-state index contributed by atoms with van der Waals surface area (Å²) in [7, 11) is 2.11. The van der Waals surface area contributed by atoms with Gasteiger partial charge >= 0.3 is 0 Å². The van der Waals surface area contributed by atoms with Crippen molar-refractivity contribution in [2.75, 3.05) is 33.2 Å². The molecular weight excluding hydrogens is 230 g/mol. The van der Waals surface area contributed by atoms with E-state index in [1.165, 1.54) is 0 Å². The van der Waals surface area contributed by atoms with E-state index >= 15 is 0 Å². The molecule has 5 nitrogen and oxygen atoms in total. The minimum Gasteiger partial charge on any atom is -0.391 e. The molecule has 5 heteroatoms. The maximum Gasteiger partial charge on any atom is 0.234 e. The number of carbonyl (C=O) groups is 1. The highest BCUT2D eigenvalue weighted by Gasteiger charge is 2.28. The molecule has 3 atom stereocenters. The zero-order valence-electron chi connectivity index (χ0n) is 11.4. The predicted octanol–water partition coefficient (Wildman–Crippen LogP) is -0.348. The Hall–Kier alpha value is -0.650. The van der Waals surface area contributed by atoms with Crippen molar-refractivity contribution in [2.24, 2.45) is 0 Å². The molecule has 2 N–H and O–H groups in total. The van der Waals surface area contributed by atoms with E-state index in [1.54, 1.807) is 0 Å². The van der Waals surface area contributed by atoms with Gasteiger partial charge in [-0.05, 0) is 33.2 Å². The molecule has 0 spiro atoms. The van der Waals surface area contributed by atoms with Crippen LogP contribution in [0.2, 0.25) is 0 Å². The monoisotopic (exact) mass is 255 g/mol. The first-order chi connectivity index (χ1) is 8.56. The lowest BCUT2D eigenvalue weighted by atomic mass is 10.2. The molecule has 2 aliphatic rings. The maximum atomic E-state index is 12.0. The van der Waals surface area contributed by atoms with Gasteiger partial charge in [-0.25, -0.2) is 0 Å². The van der Waals surface area contributed by atoms with E-state index in [-0.39, 0.29) is 18.1 Å². The van der Waals surface area contributed by atoms with E-state index in [9.17, 15) is 9.90 Å². The van der Waals surface area contributed by atoms with Gasteiger partial charge in [0.1, 0.15) is 0 Å². The second kappa shape index (κ2) is 5.99. The molecule has 1 saturated carbocycles. The standard InChI is InChI=1S/C13H25N3O2/c1-10-8-15(2)6-7-16(10)9-13(18)14-11-4-3-5-12(11)17/h10-12,17H,3-9H2,1-2H3,(H,14,18)/t10-,11+,12-/m1/s1. The molecule has 104 valence electrons. The number of hydrogen-bond donors (Lipinski definition) is 2. The van der Waals surface area contributed by atoms with E-state index in [0.717, 1.165) is 38.9 Å². The Morgan fingerprint density at radius 2 is 2.17 bits per heavy atom. The van der Waals surface area contributed by atoms with Crippen LogP contribution in [0.1, 0.15) is 26.2 Å². The molecule has 1 aliphatic heterocycles. The van der Waals surface area contributed by atoms with E-state index in [2.05, 4.69) is 29.1 Å². The Bertz CT molecular complexity index is 298. The van der Waals surface area contributed by atoms with Crippen molar-refractivity contribution in [2.45, 2.75) is 44.4 Å². The fourth-order valence-corrected chi connectivity index (χ4v) is 2.96. The van der Waals surface area contributed by atoms with Gasteiger partial charge in [-0.2, -0.15) is 0 Å². The SMILES string of the molecule is C[C@@H]1CN(C)CCN1CC(=O)N[C@H]1CCC[C@H]1O. The molecule has 0 radical (unpaired) electrons. The first-order valence-corrected chi connectivity index (χ1v) is 6.96. The van der Waals surface area contributed by atoms with E-state index < -0.39 is 0 Å². The second-order valence-electron chi connectivity index (χ2n) is 5.75. The molecule has 1 amide bonds. The summed E-state index contributed by atoms with van der Waals surface area (Å²) in [6.45, 7) is 5.59. The molecule has 18 heavy (non-hydrogen) atoms. The first kappa shape index (κ1) is 13.8. The molecule has 0 bridgehead atoms. The Kier molecular flexibility index (Phi) is 4.59. The van der Waals surface area contributed by atoms with Crippen molar-refractivity contribution in [3.05, 3.63) is 0 Å². The molecule has 0 unspecified atom stereocenters. The molecular formula is C13H25N3O2. The second-order valence-corrected chi connectivity index (χ2v) is 5.75. The zero-order valence-corrected chi connectivity index (χ0v) is 11.4. The summed E-state index contributed by atoms with van der Waals surface area (Å²) in [5.74, 6) is 0.0531. The summed E-state index contributed by atoms with van der Waals surface area (Å²) in [6, 6.07) is 0.392. The van der Waals surface area contributed by atoms with Gasteiger partial charge in [0.15, 0.2) is 0 Å². The quantitative estimate of drug-likeness (QED) is 0.724. The van der Waals surface area contributed by atoms with Crippen molar-refractivity contribution in [1.29, 1.82) is 0 Å². The molecule has 1 saturated heterocycles. The highest BCUT2D eigenvalue weighted by Crippen LogP contribution is 2.18. The summed E-state index contributed by atoms with van der Waals surface area (Å²) < 4.78 is 0. The third kappa shape index (κ3) is 3.43. The van der Waals surface area contributed by atoms with Crippen LogP contribution in [0.4, 0.5) is 0 Å². The third-order valence-electron chi connectivity index (χ3n) is 4.14. The van der Waals surface area contributed by atoms with Crippen LogP contribution >= 0.6 is 0 Å². The fourth-order valence-electron chi connectivity index (χ4n) is 2.96. The minimum absolute atomic E-state index is 0.0275. The van der Waals surface area contributed by atoms with E-state index in [4.69, 9.17) is 0 Å². The smallest absolute Gasteiger partial charge is 0.234 e. The van der Waals surface area contributed by atoms with E-state index in [1.807, 2.05) is 0 Å². The van der Waals surface area contributed by atoms with Crippen molar-refractivity contribution in [3.8, 4) is 0 Å². The van der Waals surface area contributed by atoms with Crippen LogP contribution in [0.3, 0.4) is 0 Å². The molecule has 1 aliphatic carbocycles. The van der Waals surface area contributed by atoms with Crippen molar-refractivity contribution >= 4 is 5.91 Å². The minimum atomic E-state index is -0.348. The number of amides is 1. The molecule has 0 aromatic carbocycles. The molecule has 1 heterocycles. The zero-order chi connectivity index (χ0) is 13.1. The molecule has 2 rings (SSSR count). The predicted molar refractivity (Wildman–Crippen MR) is 70.3 cm³/mol. The Labute approximate surface area is 109 Å². The van der Waals surface area contributed by atoms with Crippen LogP contribution < -0.4 is 5.32 Å². The normalized spacial score (nSPS) is 34.7. The highest BCUT2D eigenvalue weighted by molar-refractivity contribution is 5.78. The van der Waals surface area contributed by atoms with Gasteiger partial charge in [0, 0.05) is 25.7 Å². The molecule has 2 fully saturated rings. The molecule has 0 aromatic rings. The van der Waals surface area contributed by atoms with Crippen LogP contribution in [0.25, 0.3) is 0 Å². The number of rotatable bonds is 3. The lowest BCUT2D eigenvalue weighted by Crippen LogP contribution is -2.54. The highest BCUT2D eigenvalue weighted by atomic mass is 16.3. The fraction of sp³-hybridized carbons (Fsp3) is 0.923. The lowest BCUT2D eigenvalue weighted by Gasteiger charge is -2.37. The van der Waals surface area contributed by atoms with Crippen LogP contribution in [0, 0.1) is 0 Å². The van der Waals surface area contributed by atoms with Crippen molar-refractivity contribution < 1.29 is 9.90 Å². The Morgan fingerprint density at radius 3 is 2.78 bits per heavy atom. The van der Waals surface area contributed by atoms with Gasteiger partial charge in [0.05, 0.1) is 18.7 Å². The van der Waals surface area contributed by atoms with Crippen molar-refractivity contribution in [1.82, 2.24) is 15.1 Å². The summed E-state index contributed by atoms with van der Waals surface area (Å²) in [5.41, 5.74) is 0. The summed E-state index contributed by atoms with van der Waals surface area (Å²) in [4.78, 5) is 16.5. The van der Waals surface area contributed by atoms with Gasteiger partial charge in [-0.1, -0.05) is 0 Å². The lowest BCUT2D eigenvalue weighted by molar-refractivity contribution is -0.124. The summed E-state index contributed by atoms with van der Waals surface area (Å²) >= 11 is 0. The van der Waals surface area contributed by atoms with Gasteiger partial charge in [0.25, 0.3) is 0 Å². The topological polar surface area (TPSA) is 55.8 Å².